The molecule has 2 aliphatic carbocycles. The van der Waals surface area contributed by atoms with Crippen molar-refractivity contribution in [2.45, 2.75) is 117 Å². The lowest BCUT2D eigenvalue weighted by molar-refractivity contribution is 0.187. The Morgan fingerprint density at radius 3 is 1.98 bits per heavy atom. The molecule has 0 amide bonds. The van der Waals surface area contributed by atoms with Crippen LogP contribution in [0.5, 0.6) is 0 Å². The maximum Gasteiger partial charge on any atom is 0.166 e. The highest BCUT2D eigenvalue weighted by molar-refractivity contribution is 5.74. The molecule has 1 fully saturated rings. The fraction of sp³-hybridized carbons (Fsp3) is 0.512. The van der Waals surface area contributed by atoms with Crippen molar-refractivity contribution in [3.05, 3.63) is 89.3 Å². The summed E-state index contributed by atoms with van der Waals surface area (Å²) in [5, 5.41) is 0. The Morgan fingerprint density at radius 2 is 1.30 bits per heavy atom. The summed E-state index contributed by atoms with van der Waals surface area (Å²) in [6.07, 6.45) is 21.2. The van der Waals surface area contributed by atoms with Crippen LogP contribution in [0.3, 0.4) is 0 Å². The topological polar surface area (TPSA) is 0 Å². The van der Waals surface area contributed by atoms with Gasteiger partial charge in [-0.2, -0.15) is 0 Å². The lowest BCUT2D eigenvalue weighted by Gasteiger charge is -2.35. The van der Waals surface area contributed by atoms with Gasteiger partial charge in [0, 0.05) is 11.1 Å². The van der Waals surface area contributed by atoms with Crippen LogP contribution < -0.4 is 0 Å². The molecule has 3 aromatic carbocycles. The first-order chi connectivity index (χ1) is 21.5. The molecular weight excluding hydrogens is 549 g/mol. The van der Waals surface area contributed by atoms with E-state index in [0.717, 1.165) is 85.0 Å². The Kier molecular flexibility index (Phi) is 11.8. The van der Waals surface area contributed by atoms with Crippen LogP contribution in [0.2, 0.25) is 0 Å². The van der Waals surface area contributed by atoms with Gasteiger partial charge < -0.3 is 0 Å². The van der Waals surface area contributed by atoms with Crippen LogP contribution in [0.1, 0.15) is 121 Å². The molecule has 1 atom stereocenters. The minimum Gasteiger partial charge on any atom is -0.206 e. The molecular formula is C41H51F3. The van der Waals surface area contributed by atoms with Crippen LogP contribution in [0.25, 0.3) is 27.8 Å². The first-order valence-corrected chi connectivity index (χ1v) is 17.5. The second kappa shape index (κ2) is 16.0. The minimum absolute atomic E-state index is 0.188. The second-order valence-corrected chi connectivity index (χ2v) is 13.5. The molecule has 0 spiro atoms. The number of benzene rings is 3. The third-order valence-electron chi connectivity index (χ3n) is 10.5. The standard InChI is InChI=1S/C41H51F3/c1-3-5-7-9-11-35-24-27-38(41(44)40(35)43)34-22-18-32(19-23-34)36-25-26-37(39(42)28-36)33-20-16-31(17-21-33)30-14-12-29(13-15-30)10-8-6-4-2/h18-20,22-31H,3-17,21H2,1-2H3. The van der Waals surface area contributed by atoms with E-state index in [9.17, 15) is 8.78 Å². The van der Waals surface area contributed by atoms with Crippen molar-refractivity contribution >= 4 is 5.57 Å². The molecule has 1 saturated carbocycles. The number of rotatable bonds is 13. The summed E-state index contributed by atoms with van der Waals surface area (Å²) in [6.45, 7) is 4.42. The highest BCUT2D eigenvalue weighted by Gasteiger charge is 2.29. The third-order valence-corrected chi connectivity index (χ3v) is 10.5. The van der Waals surface area contributed by atoms with Crippen LogP contribution in [-0.4, -0.2) is 0 Å². The number of aryl methyl sites for hydroxylation is 1. The van der Waals surface area contributed by atoms with Crippen LogP contribution in [0, 0.1) is 35.2 Å². The largest absolute Gasteiger partial charge is 0.206 e. The number of hydrogen-bond donors (Lipinski definition) is 0. The van der Waals surface area contributed by atoms with Gasteiger partial charge in [0.05, 0.1) is 0 Å². The van der Waals surface area contributed by atoms with E-state index < -0.39 is 11.6 Å². The summed E-state index contributed by atoms with van der Waals surface area (Å²) >= 11 is 0. The number of unbranched alkanes of at least 4 members (excludes halogenated alkanes) is 5. The molecule has 236 valence electrons. The molecule has 5 rings (SSSR count). The van der Waals surface area contributed by atoms with Gasteiger partial charge in [0.25, 0.3) is 0 Å². The number of halogens is 3. The summed E-state index contributed by atoms with van der Waals surface area (Å²) in [5.74, 6) is 0.803. The van der Waals surface area contributed by atoms with Crippen molar-refractivity contribution in [3.8, 4) is 22.3 Å². The average molecular weight is 601 g/mol. The van der Waals surface area contributed by atoms with Gasteiger partial charge in [-0.3, -0.25) is 0 Å². The molecule has 2 aliphatic rings. The minimum atomic E-state index is -0.792. The Morgan fingerprint density at radius 1 is 0.614 bits per heavy atom. The van der Waals surface area contributed by atoms with Gasteiger partial charge in [-0.15, -0.1) is 0 Å². The normalized spacial score (nSPS) is 20.5. The molecule has 44 heavy (non-hydrogen) atoms. The van der Waals surface area contributed by atoms with E-state index in [1.54, 1.807) is 30.3 Å². The monoisotopic (exact) mass is 600 g/mol. The van der Waals surface area contributed by atoms with E-state index in [1.165, 1.54) is 51.4 Å². The first kappa shape index (κ1) is 32.6. The van der Waals surface area contributed by atoms with Crippen molar-refractivity contribution in [2.24, 2.45) is 17.8 Å². The predicted octanol–water partition coefficient (Wildman–Crippen LogP) is 13.1. The van der Waals surface area contributed by atoms with Crippen molar-refractivity contribution in [1.29, 1.82) is 0 Å². The van der Waals surface area contributed by atoms with Gasteiger partial charge in [-0.25, -0.2) is 13.2 Å². The molecule has 0 aromatic heterocycles. The fourth-order valence-electron chi connectivity index (χ4n) is 7.70. The Bertz CT molecular complexity index is 1380. The van der Waals surface area contributed by atoms with Gasteiger partial charge in [0.2, 0.25) is 0 Å². The summed E-state index contributed by atoms with van der Waals surface area (Å²) in [7, 11) is 0. The van der Waals surface area contributed by atoms with Gasteiger partial charge >= 0.3 is 0 Å². The van der Waals surface area contributed by atoms with E-state index in [2.05, 4.69) is 19.9 Å². The Balaban J connectivity index is 1.19. The zero-order chi connectivity index (χ0) is 30.9. The summed E-state index contributed by atoms with van der Waals surface area (Å²) < 4.78 is 45.2. The van der Waals surface area contributed by atoms with Crippen molar-refractivity contribution < 1.29 is 13.2 Å². The maximum atomic E-state index is 15.4. The predicted molar refractivity (Wildman–Crippen MR) is 180 cm³/mol. The first-order valence-electron chi connectivity index (χ1n) is 17.5. The highest BCUT2D eigenvalue weighted by atomic mass is 19.2. The lowest BCUT2D eigenvalue weighted by Crippen LogP contribution is -2.23. The van der Waals surface area contributed by atoms with Crippen LogP contribution >= 0.6 is 0 Å². The highest BCUT2D eigenvalue weighted by Crippen LogP contribution is 2.43. The molecule has 0 saturated heterocycles. The molecule has 0 radical (unpaired) electrons. The molecule has 1 unspecified atom stereocenters. The maximum absolute atomic E-state index is 15.4. The quantitative estimate of drug-likeness (QED) is 0.171. The smallest absolute Gasteiger partial charge is 0.166 e. The molecule has 0 aliphatic heterocycles. The van der Waals surface area contributed by atoms with Gasteiger partial charge in [-0.1, -0.05) is 126 Å². The van der Waals surface area contributed by atoms with E-state index in [4.69, 9.17) is 0 Å². The lowest BCUT2D eigenvalue weighted by atomic mass is 9.70. The molecule has 0 nitrogen and oxygen atoms in total. The van der Waals surface area contributed by atoms with E-state index >= 15 is 4.39 Å². The fourth-order valence-corrected chi connectivity index (χ4v) is 7.70. The SMILES string of the molecule is CCCCCCc1ccc(-c2ccc(-c3ccc(C4=CCC(C5CCC(CCCCC)CC5)CC4)c(F)c3)cc2)c(F)c1F. The van der Waals surface area contributed by atoms with Crippen molar-refractivity contribution in [1.82, 2.24) is 0 Å². The summed E-state index contributed by atoms with van der Waals surface area (Å²) in [4.78, 5) is 0. The van der Waals surface area contributed by atoms with Crippen molar-refractivity contribution in [3.63, 3.8) is 0 Å². The zero-order valence-corrected chi connectivity index (χ0v) is 27.0. The summed E-state index contributed by atoms with van der Waals surface area (Å²) in [6, 6.07) is 16.2. The molecule has 0 bridgehead atoms. The van der Waals surface area contributed by atoms with Gasteiger partial charge in [0.1, 0.15) is 5.82 Å². The third kappa shape index (κ3) is 8.06. The average Bonchev–Trinajstić information content (AvgIpc) is 3.06. The number of allylic oxidation sites excluding steroid dienone is 2. The van der Waals surface area contributed by atoms with Crippen LogP contribution in [0.4, 0.5) is 13.2 Å². The van der Waals surface area contributed by atoms with E-state index in [1.807, 2.05) is 24.3 Å². The van der Waals surface area contributed by atoms with Crippen LogP contribution in [-0.2, 0) is 6.42 Å². The summed E-state index contributed by atoms with van der Waals surface area (Å²) in [5.41, 5.74) is 4.82. The second-order valence-electron chi connectivity index (χ2n) is 13.5. The van der Waals surface area contributed by atoms with Gasteiger partial charge in [0.15, 0.2) is 11.6 Å². The Hall–Kier alpha value is -2.81. The number of hydrogen-bond acceptors (Lipinski definition) is 0. The van der Waals surface area contributed by atoms with Crippen LogP contribution in [0.15, 0.2) is 60.7 Å². The molecule has 3 aromatic rings. The van der Waals surface area contributed by atoms with E-state index in [0.29, 0.717) is 17.5 Å². The van der Waals surface area contributed by atoms with Crippen molar-refractivity contribution in [2.75, 3.05) is 0 Å². The molecule has 3 heteroatoms. The molecule has 0 N–H and O–H groups in total. The molecule has 0 heterocycles. The van der Waals surface area contributed by atoms with Gasteiger partial charge in [-0.05, 0) is 96.6 Å². The Labute approximate surface area is 264 Å². The van der Waals surface area contributed by atoms with E-state index in [-0.39, 0.29) is 11.4 Å². The zero-order valence-electron chi connectivity index (χ0n) is 27.0.